The summed E-state index contributed by atoms with van der Waals surface area (Å²) in [6.07, 6.45) is 2.50. The first-order chi connectivity index (χ1) is 9.74. The Morgan fingerprint density at radius 2 is 1.85 bits per heavy atom. The average molecular weight is 284 g/mol. The van der Waals surface area contributed by atoms with Crippen molar-refractivity contribution in [2.24, 2.45) is 0 Å². The average Bonchev–Trinajstić information content (AvgIpc) is 2.88. The van der Waals surface area contributed by atoms with E-state index in [1.165, 1.54) is 0 Å². The predicted octanol–water partition coefficient (Wildman–Crippen LogP) is 4.57. The van der Waals surface area contributed by atoms with Gasteiger partial charge in [-0.05, 0) is 24.3 Å². The van der Waals surface area contributed by atoms with Crippen LogP contribution in [0.4, 0.5) is 0 Å². The van der Waals surface area contributed by atoms with Crippen LogP contribution in [0.1, 0.15) is 16.8 Å². The molecule has 1 aromatic heterocycles. The molecule has 0 radical (unpaired) electrons. The Labute approximate surface area is 122 Å². The minimum atomic E-state index is 0.168. The number of benzene rings is 2. The highest BCUT2D eigenvalue weighted by atomic mass is 35.5. The first-order valence-electron chi connectivity index (χ1n) is 6.57. The van der Waals surface area contributed by atoms with Gasteiger partial charge in [0.05, 0.1) is 0 Å². The smallest absolute Gasteiger partial charge is 0.164 e. The van der Waals surface area contributed by atoms with Gasteiger partial charge in [0, 0.05) is 40.7 Å². The Hall–Kier alpha value is -2.06. The van der Waals surface area contributed by atoms with Crippen molar-refractivity contribution in [1.29, 1.82) is 0 Å². The van der Waals surface area contributed by atoms with Gasteiger partial charge in [0.25, 0.3) is 0 Å². The van der Waals surface area contributed by atoms with Crippen molar-refractivity contribution in [3.63, 3.8) is 0 Å². The van der Waals surface area contributed by atoms with Gasteiger partial charge in [-0.2, -0.15) is 0 Å². The molecule has 2 aromatic carbocycles. The number of aromatic nitrogens is 1. The fraction of sp³-hybridized carbons (Fsp3) is 0.118. The molecule has 0 atom stereocenters. The van der Waals surface area contributed by atoms with E-state index in [4.69, 9.17) is 11.6 Å². The summed E-state index contributed by atoms with van der Waals surface area (Å²) in [5, 5.41) is 1.83. The summed E-state index contributed by atoms with van der Waals surface area (Å²) in [6.45, 7) is 0.679. The molecule has 2 nitrogen and oxygen atoms in total. The number of nitrogens with zero attached hydrogens (tertiary/aromatic N) is 1. The molecule has 0 unspecified atom stereocenters. The summed E-state index contributed by atoms with van der Waals surface area (Å²) >= 11 is 5.97. The van der Waals surface area contributed by atoms with E-state index in [9.17, 15) is 4.79 Å². The summed E-state index contributed by atoms with van der Waals surface area (Å²) in [5.74, 6) is 0.168. The number of aryl methyl sites for hydroxylation is 1. The molecule has 0 amide bonds. The molecule has 3 heteroatoms. The lowest BCUT2D eigenvalue weighted by molar-refractivity contribution is 0.0977. The van der Waals surface area contributed by atoms with E-state index in [2.05, 4.69) is 4.57 Å². The highest BCUT2D eigenvalue weighted by molar-refractivity contribution is 6.31. The molecule has 0 spiro atoms. The maximum Gasteiger partial charge on any atom is 0.164 e. The second-order valence-corrected chi connectivity index (χ2v) is 5.19. The van der Waals surface area contributed by atoms with E-state index in [1.807, 2.05) is 60.8 Å². The highest BCUT2D eigenvalue weighted by Gasteiger charge is 2.07. The Morgan fingerprint density at radius 1 is 1.05 bits per heavy atom. The van der Waals surface area contributed by atoms with E-state index in [-0.39, 0.29) is 5.78 Å². The molecule has 3 rings (SSSR count). The molecular formula is C17H14ClNO. The number of fused-ring (bicyclic) bond motifs is 1. The lowest BCUT2D eigenvalue weighted by Crippen LogP contribution is -2.05. The standard InChI is InChI=1S/C17H14ClNO/c18-15-6-7-16-14(12-15)8-10-19(16)11-9-17(20)13-4-2-1-3-5-13/h1-8,10,12H,9,11H2. The second kappa shape index (κ2) is 5.51. The minimum absolute atomic E-state index is 0.168. The van der Waals surface area contributed by atoms with Gasteiger partial charge in [0.2, 0.25) is 0 Å². The molecule has 1 heterocycles. The zero-order valence-electron chi connectivity index (χ0n) is 10.9. The third-order valence-corrected chi connectivity index (χ3v) is 3.64. The van der Waals surface area contributed by atoms with E-state index < -0.39 is 0 Å². The molecule has 0 N–H and O–H groups in total. The first-order valence-corrected chi connectivity index (χ1v) is 6.94. The summed E-state index contributed by atoms with van der Waals surface area (Å²) in [4.78, 5) is 12.1. The molecule has 0 aliphatic rings. The van der Waals surface area contributed by atoms with Gasteiger partial charge >= 0.3 is 0 Å². The van der Waals surface area contributed by atoms with Crippen molar-refractivity contribution < 1.29 is 4.79 Å². The Morgan fingerprint density at radius 3 is 2.65 bits per heavy atom. The van der Waals surface area contributed by atoms with Gasteiger partial charge < -0.3 is 4.57 Å². The van der Waals surface area contributed by atoms with E-state index >= 15 is 0 Å². The molecule has 0 saturated heterocycles. The van der Waals surface area contributed by atoms with Gasteiger partial charge in [0.15, 0.2) is 5.78 Å². The van der Waals surface area contributed by atoms with E-state index in [1.54, 1.807) is 0 Å². The van der Waals surface area contributed by atoms with Crippen molar-refractivity contribution in [3.05, 3.63) is 71.4 Å². The SMILES string of the molecule is O=C(CCn1ccc2cc(Cl)ccc21)c1ccccc1. The molecule has 0 bridgehead atoms. The van der Waals surface area contributed by atoms with Crippen molar-refractivity contribution in [3.8, 4) is 0 Å². The topological polar surface area (TPSA) is 22.0 Å². The first kappa shape index (κ1) is 12.9. The number of Topliss-reactive ketones (excluding diaryl/α,β-unsaturated/α-hetero) is 1. The van der Waals surface area contributed by atoms with Crippen molar-refractivity contribution in [2.45, 2.75) is 13.0 Å². The van der Waals surface area contributed by atoms with Gasteiger partial charge in [-0.3, -0.25) is 4.79 Å². The van der Waals surface area contributed by atoms with E-state index in [0.717, 1.165) is 21.5 Å². The quantitative estimate of drug-likeness (QED) is 0.643. The molecule has 0 fully saturated rings. The summed E-state index contributed by atoms with van der Waals surface area (Å²) in [5.41, 5.74) is 1.88. The fourth-order valence-corrected chi connectivity index (χ4v) is 2.54. The molecule has 3 aromatic rings. The number of carbonyl (C=O) groups is 1. The fourth-order valence-electron chi connectivity index (χ4n) is 2.36. The van der Waals surface area contributed by atoms with Crippen LogP contribution in [0, 0.1) is 0 Å². The Balaban J connectivity index is 1.76. The van der Waals surface area contributed by atoms with Gasteiger partial charge in [-0.1, -0.05) is 41.9 Å². The Bertz CT molecular complexity index is 746. The maximum atomic E-state index is 12.1. The van der Waals surface area contributed by atoms with Crippen LogP contribution in [0.2, 0.25) is 5.02 Å². The third kappa shape index (κ3) is 2.61. The lowest BCUT2D eigenvalue weighted by Gasteiger charge is -2.05. The number of hydrogen-bond donors (Lipinski definition) is 0. The van der Waals surface area contributed by atoms with Crippen LogP contribution in [0.15, 0.2) is 60.8 Å². The largest absolute Gasteiger partial charge is 0.347 e. The monoisotopic (exact) mass is 283 g/mol. The minimum Gasteiger partial charge on any atom is -0.347 e. The Kier molecular flexibility index (Phi) is 3.57. The van der Waals surface area contributed by atoms with Crippen LogP contribution in [-0.4, -0.2) is 10.4 Å². The highest BCUT2D eigenvalue weighted by Crippen LogP contribution is 2.21. The van der Waals surface area contributed by atoms with Crippen LogP contribution >= 0.6 is 11.6 Å². The van der Waals surface area contributed by atoms with Gasteiger partial charge in [-0.25, -0.2) is 0 Å². The number of halogens is 1. The molecule has 0 aliphatic carbocycles. The normalized spacial score (nSPS) is 10.8. The molecule has 0 saturated carbocycles. The van der Waals surface area contributed by atoms with Crippen LogP contribution in [0.25, 0.3) is 10.9 Å². The van der Waals surface area contributed by atoms with Crippen molar-refractivity contribution in [2.75, 3.05) is 0 Å². The zero-order valence-corrected chi connectivity index (χ0v) is 11.7. The zero-order chi connectivity index (χ0) is 13.9. The number of rotatable bonds is 4. The summed E-state index contributed by atoms with van der Waals surface area (Å²) < 4.78 is 2.09. The van der Waals surface area contributed by atoms with Gasteiger partial charge in [0.1, 0.15) is 0 Å². The van der Waals surface area contributed by atoms with Crippen molar-refractivity contribution >= 4 is 28.3 Å². The van der Waals surface area contributed by atoms with E-state index in [0.29, 0.717) is 13.0 Å². The number of carbonyl (C=O) groups excluding carboxylic acids is 1. The number of hydrogen-bond acceptors (Lipinski definition) is 1. The summed E-state index contributed by atoms with van der Waals surface area (Å²) in [7, 11) is 0. The number of ketones is 1. The van der Waals surface area contributed by atoms with Crippen molar-refractivity contribution in [1.82, 2.24) is 4.57 Å². The van der Waals surface area contributed by atoms with Gasteiger partial charge in [-0.15, -0.1) is 0 Å². The van der Waals surface area contributed by atoms with Crippen LogP contribution in [-0.2, 0) is 6.54 Å². The molecule has 0 aliphatic heterocycles. The predicted molar refractivity (Wildman–Crippen MR) is 82.3 cm³/mol. The maximum absolute atomic E-state index is 12.1. The lowest BCUT2D eigenvalue weighted by atomic mass is 10.1. The molecule has 20 heavy (non-hydrogen) atoms. The second-order valence-electron chi connectivity index (χ2n) is 4.75. The molecular weight excluding hydrogens is 270 g/mol. The third-order valence-electron chi connectivity index (χ3n) is 3.41. The van der Waals surface area contributed by atoms with Crippen LogP contribution in [0.5, 0.6) is 0 Å². The molecule has 100 valence electrons. The summed E-state index contributed by atoms with van der Waals surface area (Å²) in [6, 6.07) is 17.2. The van der Waals surface area contributed by atoms with Crippen LogP contribution in [0.3, 0.4) is 0 Å². The van der Waals surface area contributed by atoms with Crippen LogP contribution < -0.4 is 0 Å².